The lowest BCUT2D eigenvalue weighted by atomic mass is 10.1. The standard InChI is InChI=1S/C17H19ClN2O2/c1-19-10-4-8-14(19)15-9-5-11-20(15)17(22)16(21)12-6-2-3-7-13(12)18/h2-4,6-8,10,15-16,21H,5,9,11H2,1H3/t15?,16-/m1/s1. The van der Waals surface area contributed by atoms with E-state index in [0.717, 1.165) is 18.5 Å². The van der Waals surface area contributed by atoms with E-state index in [1.54, 1.807) is 29.2 Å². The van der Waals surface area contributed by atoms with Crippen molar-refractivity contribution >= 4 is 17.5 Å². The minimum absolute atomic E-state index is 0.0182. The molecule has 5 heteroatoms. The minimum atomic E-state index is -1.21. The third-order valence-corrected chi connectivity index (χ3v) is 4.64. The molecule has 0 saturated carbocycles. The Hall–Kier alpha value is -1.78. The molecular weight excluding hydrogens is 300 g/mol. The first kappa shape index (κ1) is 15.1. The van der Waals surface area contributed by atoms with Crippen molar-refractivity contribution in [1.82, 2.24) is 9.47 Å². The highest BCUT2D eigenvalue weighted by atomic mass is 35.5. The van der Waals surface area contributed by atoms with Crippen molar-refractivity contribution < 1.29 is 9.90 Å². The van der Waals surface area contributed by atoms with Gasteiger partial charge in [-0.1, -0.05) is 29.8 Å². The van der Waals surface area contributed by atoms with Gasteiger partial charge in [-0.15, -0.1) is 0 Å². The molecule has 2 aromatic rings. The Labute approximate surface area is 134 Å². The second kappa shape index (κ2) is 6.15. The van der Waals surface area contributed by atoms with E-state index in [0.29, 0.717) is 17.1 Å². The molecule has 1 N–H and O–H groups in total. The van der Waals surface area contributed by atoms with Gasteiger partial charge in [-0.05, 0) is 31.0 Å². The third kappa shape index (κ3) is 2.64. The van der Waals surface area contributed by atoms with E-state index in [-0.39, 0.29) is 11.9 Å². The van der Waals surface area contributed by atoms with Gasteiger partial charge in [-0.25, -0.2) is 0 Å². The van der Waals surface area contributed by atoms with Crippen molar-refractivity contribution in [2.24, 2.45) is 7.05 Å². The van der Waals surface area contributed by atoms with Crippen LogP contribution in [0, 0.1) is 0 Å². The Morgan fingerprint density at radius 2 is 2.09 bits per heavy atom. The molecule has 1 saturated heterocycles. The molecule has 0 bridgehead atoms. The SMILES string of the molecule is Cn1cccc1C1CCCN1C(=O)[C@H](O)c1ccccc1Cl. The number of amides is 1. The van der Waals surface area contributed by atoms with Crippen LogP contribution in [0.15, 0.2) is 42.6 Å². The molecule has 22 heavy (non-hydrogen) atoms. The van der Waals surface area contributed by atoms with Crippen molar-refractivity contribution in [3.8, 4) is 0 Å². The molecule has 1 unspecified atom stereocenters. The van der Waals surface area contributed by atoms with Gasteiger partial charge >= 0.3 is 0 Å². The van der Waals surface area contributed by atoms with E-state index in [1.807, 2.05) is 29.9 Å². The van der Waals surface area contributed by atoms with E-state index >= 15 is 0 Å². The molecule has 0 aliphatic carbocycles. The number of rotatable bonds is 3. The molecule has 2 heterocycles. The summed E-state index contributed by atoms with van der Waals surface area (Å²) in [7, 11) is 1.97. The average Bonchev–Trinajstić information content (AvgIpc) is 3.14. The first-order chi connectivity index (χ1) is 10.6. The van der Waals surface area contributed by atoms with Crippen LogP contribution in [0.4, 0.5) is 0 Å². The molecule has 1 aromatic carbocycles. The highest BCUT2D eigenvalue weighted by molar-refractivity contribution is 6.31. The topological polar surface area (TPSA) is 45.5 Å². The summed E-state index contributed by atoms with van der Waals surface area (Å²) in [6.07, 6.45) is 2.62. The van der Waals surface area contributed by atoms with E-state index in [4.69, 9.17) is 11.6 Å². The maximum Gasteiger partial charge on any atom is 0.256 e. The second-order valence-corrected chi connectivity index (χ2v) is 6.06. The first-order valence-corrected chi connectivity index (χ1v) is 7.81. The Morgan fingerprint density at radius 1 is 1.32 bits per heavy atom. The van der Waals surface area contributed by atoms with Gasteiger partial charge in [0.25, 0.3) is 5.91 Å². The van der Waals surface area contributed by atoms with Gasteiger partial charge in [-0.2, -0.15) is 0 Å². The number of hydrogen-bond donors (Lipinski definition) is 1. The van der Waals surface area contributed by atoms with E-state index < -0.39 is 6.10 Å². The van der Waals surface area contributed by atoms with Gasteiger partial charge in [-0.3, -0.25) is 4.79 Å². The number of aliphatic hydroxyl groups excluding tert-OH is 1. The largest absolute Gasteiger partial charge is 0.378 e. The molecule has 3 rings (SSSR count). The van der Waals surface area contributed by atoms with Crippen molar-refractivity contribution in [3.05, 3.63) is 58.9 Å². The van der Waals surface area contributed by atoms with Crippen LogP contribution in [0.1, 0.15) is 36.2 Å². The van der Waals surface area contributed by atoms with Crippen LogP contribution >= 0.6 is 11.6 Å². The van der Waals surface area contributed by atoms with E-state index in [2.05, 4.69) is 0 Å². The average molecular weight is 319 g/mol. The predicted octanol–water partition coefficient (Wildman–Crippen LogP) is 3.08. The van der Waals surface area contributed by atoms with Gasteiger partial charge in [0.15, 0.2) is 6.10 Å². The molecule has 116 valence electrons. The molecule has 1 aliphatic heterocycles. The summed E-state index contributed by atoms with van der Waals surface area (Å²) >= 11 is 6.10. The Balaban J connectivity index is 1.85. The molecule has 1 fully saturated rings. The zero-order chi connectivity index (χ0) is 15.7. The van der Waals surface area contributed by atoms with Gasteiger partial charge in [0.2, 0.25) is 0 Å². The maximum absolute atomic E-state index is 12.7. The zero-order valence-corrected chi connectivity index (χ0v) is 13.2. The highest BCUT2D eigenvalue weighted by Crippen LogP contribution is 2.35. The Bertz CT molecular complexity index is 683. The van der Waals surface area contributed by atoms with Gasteiger partial charge in [0.1, 0.15) is 0 Å². The summed E-state index contributed by atoms with van der Waals surface area (Å²) in [6, 6.07) is 11.0. The van der Waals surface area contributed by atoms with Crippen LogP contribution in [-0.2, 0) is 11.8 Å². The maximum atomic E-state index is 12.7. The lowest BCUT2D eigenvalue weighted by Crippen LogP contribution is -2.35. The minimum Gasteiger partial charge on any atom is -0.378 e. The van der Waals surface area contributed by atoms with Gasteiger partial charge in [0, 0.05) is 36.1 Å². The molecule has 1 aliphatic rings. The van der Waals surface area contributed by atoms with Crippen LogP contribution in [0.5, 0.6) is 0 Å². The Morgan fingerprint density at radius 3 is 2.77 bits per heavy atom. The van der Waals surface area contributed by atoms with Crippen molar-refractivity contribution in [2.45, 2.75) is 25.0 Å². The van der Waals surface area contributed by atoms with Crippen LogP contribution in [0.25, 0.3) is 0 Å². The number of carbonyl (C=O) groups is 1. The molecule has 2 atom stereocenters. The summed E-state index contributed by atoms with van der Waals surface area (Å²) < 4.78 is 2.03. The molecule has 0 spiro atoms. The number of benzene rings is 1. The number of aliphatic hydroxyl groups is 1. The summed E-state index contributed by atoms with van der Waals surface area (Å²) in [6.45, 7) is 0.663. The van der Waals surface area contributed by atoms with Gasteiger partial charge in [0.05, 0.1) is 6.04 Å². The number of carbonyl (C=O) groups excluding carboxylic acids is 1. The molecule has 4 nitrogen and oxygen atoms in total. The number of halogens is 1. The smallest absolute Gasteiger partial charge is 0.256 e. The van der Waals surface area contributed by atoms with Crippen LogP contribution < -0.4 is 0 Å². The number of aromatic nitrogens is 1. The van der Waals surface area contributed by atoms with Crippen molar-refractivity contribution in [2.75, 3.05) is 6.54 Å². The second-order valence-electron chi connectivity index (χ2n) is 5.66. The fourth-order valence-electron chi connectivity index (χ4n) is 3.15. The van der Waals surface area contributed by atoms with Crippen LogP contribution in [0.2, 0.25) is 5.02 Å². The highest BCUT2D eigenvalue weighted by Gasteiger charge is 2.35. The first-order valence-electron chi connectivity index (χ1n) is 7.44. The molecule has 1 amide bonds. The predicted molar refractivity (Wildman–Crippen MR) is 85.5 cm³/mol. The fourth-order valence-corrected chi connectivity index (χ4v) is 3.38. The monoisotopic (exact) mass is 318 g/mol. The van der Waals surface area contributed by atoms with Crippen molar-refractivity contribution in [3.63, 3.8) is 0 Å². The van der Waals surface area contributed by atoms with Crippen LogP contribution in [-0.4, -0.2) is 27.0 Å². The van der Waals surface area contributed by atoms with Crippen molar-refractivity contribution in [1.29, 1.82) is 0 Å². The quantitative estimate of drug-likeness (QED) is 0.945. The number of hydrogen-bond acceptors (Lipinski definition) is 2. The number of aryl methyl sites for hydroxylation is 1. The third-order valence-electron chi connectivity index (χ3n) is 4.29. The van der Waals surface area contributed by atoms with Gasteiger partial charge < -0.3 is 14.6 Å². The zero-order valence-electron chi connectivity index (χ0n) is 12.4. The molecule has 1 aromatic heterocycles. The lowest BCUT2D eigenvalue weighted by molar-refractivity contribution is -0.141. The van der Waals surface area contributed by atoms with Crippen LogP contribution in [0.3, 0.4) is 0 Å². The Kier molecular flexibility index (Phi) is 4.23. The van der Waals surface area contributed by atoms with E-state index in [1.165, 1.54) is 0 Å². The van der Waals surface area contributed by atoms with E-state index in [9.17, 15) is 9.90 Å². The molecular formula is C17H19ClN2O2. The number of nitrogens with zero attached hydrogens (tertiary/aromatic N) is 2. The normalized spacial score (nSPS) is 19.4. The summed E-state index contributed by atoms with van der Waals surface area (Å²) in [5.74, 6) is -0.281. The fraction of sp³-hybridized carbons (Fsp3) is 0.353. The summed E-state index contributed by atoms with van der Waals surface area (Å²) in [5.41, 5.74) is 1.56. The summed E-state index contributed by atoms with van der Waals surface area (Å²) in [5, 5.41) is 10.8. The molecule has 0 radical (unpaired) electrons. The number of likely N-dealkylation sites (tertiary alicyclic amines) is 1. The lowest BCUT2D eigenvalue weighted by Gasteiger charge is -2.27. The summed E-state index contributed by atoms with van der Waals surface area (Å²) in [4.78, 5) is 14.5.